The molecular weight excluding hydrogens is 586 g/mol. The summed E-state index contributed by atoms with van der Waals surface area (Å²) in [5.41, 5.74) is 14.2. The van der Waals surface area contributed by atoms with Crippen molar-refractivity contribution in [3.63, 3.8) is 0 Å². The van der Waals surface area contributed by atoms with E-state index in [2.05, 4.69) is 126 Å². The summed E-state index contributed by atoms with van der Waals surface area (Å²) in [6, 6.07) is 33.7. The van der Waals surface area contributed by atoms with Crippen LogP contribution in [0.3, 0.4) is 0 Å². The standard InChI is InChI=1S/C44H36BOP/c1-24-15-19-35-37(21-24)39(38-22-25(2)16-20-36(38)40(35)41-42(45)26(3)44(47)27(4)43(41)46)34-14-8-12-32-31(11-7-13-33(32)34)30-18-17-28-9-5-6-10-29(28)23-30/h5,7-9,11-23,46H,6,10,47H2,1-4H3. The molecule has 0 aromatic heterocycles. The molecule has 1 aliphatic carbocycles. The zero-order chi connectivity index (χ0) is 32.6. The average molecular weight is 623 g/mol. The third kappa shape index (κ3) is 4.65. The average Bonchev–Trinajstić information content (AvgIpc) is 3.09. The Morgan fingerprint density at radius 1 is 0.617 bits per heavy atom. The molecule has 3 heteroatoms. The number of allylic oxidation sites excluding steroid dienone is 1. The molecular formula is C44H36BOP. The summed E-state index contributed by atoms with van der Waals surface area (Å²) in [6.45, 7) is 8.30. The molecule has 0 bridgehead atoms. The van der Waals surface area contributed by atoms with Crippen LogP contribution in [0.25, 0.3) is 71.8 Å². The quantitative estimate of drug-likeness (QED) is 0.118. The maximum atomic E-state index is 11.7. The number of benzene rings is 7. The smallest absolute Gasteiger partial charge is 0.126 e. The largest absolute Gasteiger partial charge is 0.507 e. The van der Waals surface area contributed by atoms with Crippen molar-refractivity contribution >= 4 is 66.2 Å². The second-order valence-electron chi connectivity index (χ2n) is 13.2. The van der Waals surface area contributed by atoms with Gasteiger partial charge in [-0.1, -0.05) is 120 Å². The summed E-state index contributed by atoms with van der Waals surface area (Å²) < 4.78 is 0. The molecule has 0 heterocycles. The van der Waals surface area contributed by atoms with Gasteiger partial charge in [0.15, 0.2) is 0 Å². The summed E-state index contributed by atoms with van der Waals surface area (Å²) in [7, 11) is 9.65. The van der Waals surface area contributed by atoms with E-state index in [1.54, 1.807) is 0 Å². The zero-order valence-corrected chi connectivity index (χ0v) is 28.5. The molecule has 0 amide bonds. The predicted octanol–water partition coefficient (Wildman–Crippen LogP) is 10.3. The third-order valence-electron chi connectivity index (χ3n) is 10.3. The lowest BCUT2D eigenvalue weighted by Crippen LogP contribution is -2.21. The van der Waals surface area contributed by atoms with Gasteiger partial charge in [-0.2, -0.15) is 0 Å². The van der Waals surface area contributed by atoms with E-state index in [0.717, 1.165) is 56.4 Å². The molecule has 47 heavy (non-hydrogen) atoms. The highest BCUT2D eigenvalue weighted by atomic mass is 31.0. The Hall–Kier alpha value is -4.65. The molecule has 1 unspecified atom stereocenters. The topological polar surface area (TPSA) is 20.2 Å². The van der Waals surface area contributed by atoms with Crippen molar-refractivity contribution in [2.24, 2.45) is 0 Å². The molecule has 1 N–H and O–H groups in total. The van der Waals surface area contributed by atoms with Gasteiger partial charge in [0.1, 0.15) is 13.6 Å². The van der Waals surface area contributed by atoms with Crippen LogP contribution in [0, 0.1) is 27.7 Å². The SMILES string of the molecule is [B]c1c(C)c(P)c(C)c(O)c1-c1c2ccc(C)cc2c(-c2cccc3c(-c4ccc5c(c4)CCC=C5)cccc23)c2cc(C)ccc12. The molecule has 7 aromatic carbocycles. The van der Waals surface area contributed by atoms with Gasteiger partial charge in [0.05, 0.1) is 0 Å². The number of rotatable bonds is 3. The first-order valence-electron chi connectivity index (χ1n) is 16.4. The van der Waals surface area contributed by atoms with Crippen molar-refractivity contribution in [1.82, 2.24) is 0 Å². The Bertz CT molecular complexity index is 2390. The number of aryl methyl sites for hydroxylation is 3. The molecule has 0 fully saturated rings. The van der Waals surface area contributed by atoms with Crippen LogP contribution in [0.2, 0.25) is 0 Å². The molecule has 2 radical (unpaired) electrons. The Morgan fingerprint density at radius 3 is 1.94 bits per heavy atom. The normalized spacial score (nSPS) is 12.7. The van der Waals surface area contributed by atoms with Gasteiger partial charge in [-0.3, -0.25) is 0 Å². The summed E-state index contributed by atoms with van der Waals surface area (Å²) in [4.78, 5) is 0. The third-order valence-corrected chi connectivity index (χ3v) is 11.1. The van der Waals surface area contributed by atoms with E-state index in [1.807, 2.05) is 13.8 Å². The van der Waals surface area contributed by atoms with Gasteiger partial charge in [0, 0.05) is 11.1 Å². The van der Waals surface area contributed by atoms with Gasteiger partial charge < -0.3 is 5.11 Å². The van der Waals surface area contributed by atoms with Crippen LogP contribution in [0.1, 0.15) is 39.8 Å². The lowest BCUT2D eigenvalue weighted by molar-refractivity contribution is 0.474. The van der Waals surface area contributed by atoms with Crippen molar-refractivity contribution in [3.05, 3.63) is 130 Å². The van der Waals surface area contributed by atoms with E-state index in [1.165, 1.54) is 55.3 Å². The summed E-state index contributed by atoms with van der Waals surface area (Å²) >= 11 is 0. The van der Waals surface area contributed by atoms with Crippen LogP contribution in [0.5, 0.6) is 5.75 Å². The van der Waals surface area contributed by atoms with Crippen molar-refractivity contribution in [3.8, 4) is 39.1 Å². The van der Waals surface area contributed by atoms with Crippen LogP contribution >= 0.6 is 9.24 Å². The van der Waals surface area contributed by atoms with E-state index < -0.39 is 0 Å². The molecule has 0 saturated carbocycles. The second-order valence-corrected chi connectivity index (χ2v) is 13.8. The molecule has 7 aromatic rings. The number of phenolic OH excluding ortho intramolecular Hbond substituents is 1. The van der Waals surface area contributed by atoms with E-state index in [0.29, 0.717) is 11.0 Å². The van der Waals surface area contributed by atoms with Crippen LogP contribution < -0.4 is 10.8 Å². The van der Waals surface area contributed by atoms with Gasteiger partial charge in [-0.05, 0) is 123 Å². The number of fused-ring (bicyclic) bond motifs is 4. The molecule has 1 aliphatic rings. The number of phenols is 1. The lowest BCUT2D eigenvalue weighted by atomic mass is 9.77. The van der Waals surface area contributed by atoms with Crippen LogP contribution in [-0.4, -0.2) is 13.0 Å². The zero-order valence-electron chi connectivity index (χ0n) is 27.3. The van der Waals surface area contributed by atoms with Gasteiger partial charge in [0.25, 0.3) is 0 Å². The molecule has 226 valence electrons. The fraction of sp³-hybridized carbons (Fsp3) is 0.136. The van der Waals surface area contributed by atoms with Crippen molar-refractivity contribution in [2.75, 3.05) is 0 Å². The Balaban J connectivity index is 1.49. The first kappa shape index (κ1) is 29.7. The maximum Gasteiger partial charge on any atom is 0.126 e. The molecule has 0 saturated heterocycles. The monoisotopic (exact) mass is 622 g/mol. The van der Waals surface area contributed by atoms with Gasteiger partial charge >= 0.3 is 0 Å². The molecule has 1 atom stereocenters. The Morgan fingerprint density at radius 2 is 1.26 bits per heavy atom. The van der Waals surface area contributed by atoms with Crippen molar-refractivity contribution in [2.45, 2.75) is 40.5 Å². The molecule has 1 nitrogen and oxygen atoms in total. The molecule has 0 spiro atoms. The van der Waals surface area contributed by atoms with E-state index in [4.69, 9.17) is 7.85 Å². The highest BCUT2D eigenvalue weighted by Crippen LogP contribution is 2.48. The summed E-state index contributed by atoms with van der Waals surface area (Å²) in [5.74, 6) is 0.241. The second kappa shape index (κ2) is 11.3. The van der Waals surface area contributed by atoms with E-state index in [-0.39, 0.29) is 5.75 Å². The molecule has 0 aliphatic heterocycles. The highest BCUT2D eigenvalue weighted by molar-refractivity contribution is 7.27. The summed E-state index contributed by atoms with van der Waals surface area (Å²) in [5, 5.41) is 19.6. The van der Waals surface area contributed by atoms with E-state index in [9.17, 15) is 5.11 Å². The predicted molar refractivity (Wildman–Crippen MR) is 208 cm³/mol. The van der Waals surface area contributed by atoms with Crippen LogP contribution in [-0.2, 0) is 6.42 Å². The fourth-order valence-electron chi connectivity index (χ4n) is 7.71. The highest BCUT2D eigenvalue weighted by Gasteiger charge is 2.24. The summed E-state index contributed by atoms with van der Waals surface area (Å²) in [6.07, 6.45) is 6.69. The van der Waals surface area contributed by atoms with Gasteiger partial charge in [0.2, 0.25) is 0 Å². The van der Waals surface area contributed by atoms with Crippen LogP contribution in [0.4, 0.5) is 0 Å². The minimum absolute atomic E-state index is 0.241. The number of hydrogen-bond donors (Lipinski definition) is 1. The lowest BCUT2D eigenvalue weighted by Gasteiger charge is -2.23. The Labute approximate surface area is 280 Å². The van der Waals surface area contributed by atoms with Gasteiger partial charge in [-0.15, -0.1) is 9.24 Å². The van der Waals surface area contributed by atoms with Crippen molar-refractivity contribution in [1.29, 1.82) is 0 Å². The first-order valence-corrected chi connectivity index (χ1v) is 17.0. The maximum absolute atomic E-state index is 11.7. The minimum Gasteiger partial charge on any atom is -0.507 e. The molecule has 8 rings (SSSR count). The van der Waals surface area contributed by atoms with Crippen molar-refractivity contribution < 1.29 is 5.11 Å². The fourth-order valence-corrected chi connectivity index (χ4v) is 8.00. The Kier molecular flexibility index (Phi) is 7.12. The van der Waals surface area contributed by atoms with Gasteiger partial charge in [-0.25, -0.2) is 0 Å². The number of hydrogen-bond acceptors (Lipinski definition) is 1. The minimum atomic E-state index is 0.241. The van der Waals surface area contributed by atoms with E-state index >= 15 is 0 Å². The number of aromatic hydroxyl groups is 1. The first-order chi connectivity index (χ1) is 22.7. The van der Waals surface area contributed by atoms with Crippen LogP contribution in [0.15, 0.2) is 97.1 Å².